The number of tetrazole rings is 1. The molecule has 3 aromatic rings. The van der Waals surface area contributed by atoms with E-state index in [1.165, 1.54) is 0 Å². The Morgan fingerprint density at radius 3 is 2.52 bits per heavy atom. The molecule has 106 valence electrons. The molecule has 0 atom stereocenters. The molecule has 3 rings (SSSR count). The van der Waals surface area contributed by atoms with Gasteiger partial charge >= 0.3 is 0 Å². The number of nitrogens with zero attached hydrogens (tertiary/aromatic N) is 3. The van der Waals surface area contributed by atoms with Crippen molar-refractivity contribution in [3.05, 3.63) is 58.1 Å². The molecule has 0 aliphatic rings. The number of hydrogen-bond acceptors (Lipinski definition) is 4. The molecule has 1 aromatic heterocycles. The highest BCUT2D eigenvalue weighted by molar-refractivity contribution is 6.32. The molecule has 0 fully saturated rings. The second-order valence-electron chi connectivity index (χ2n) is 4.30. The van der Waals surface area contributed by atoms with Crippen molar-refractivity contribution in [3.63, 3.8) is 0 Å². The number of nitrogens with one attached hydrogen (secondary N) is 1. The quantitative estimate of drug-likeness (QED) is 0.795. The summed E-state index contributed by atoms with van der Waals surface area (Å²) in [6, 6.07) is 12.8. The number of hydrogen-bond donors (Lipinski definition) is 1. The van der Waals surface area contributed by atoms with Crippen LogP contribution in [-0.2, 0) is 6.61 Å². The molecule has 0 saturated carbocycles. The Balaban J connectivity index is 1.73. The molecular weight excluding hydrogens is 311 g/mol. The minimum atomic E-state index is 0.415. The maximum atomic E-state index is 6.21. The summed E-state index contributed by atoms with van der Waals surface area (Å²) in [6.07, 6.45) is 0. The smallest absolute Gasteiger partial charge is 0.204 e. The van der Waals surface area contributed by atoms with Crippen molar-refractivity contribution in [2.75, 3.05) is 0 Å². The van der Waals surface area contributed by atoms with E-state index in [-0.39, 0.29) is 0 Å². The lowest BCUT2D eigenvalue weighted by Gasteiger charge is -2.09. The van der Waals surface area contributed by atoms with Crippen LogP contribution < -0.4 is 4.74 Å². The van der Waals surface area contributed by atoms with E-state index < -0.39 is 0 Å². The predicted molar refractivity (Wildman–Crippen MR) is 80.4 cm³/mol. The van der Waals surface area contributed by atoms with E-state index >= 15 is 0 Å². The molecule has 0 spiro atoms. The minimum absolute atomic E-state index is 0.415. The van der Waals surface area contributed by atoms with Gasteiger partial charge in [0.2, 0.25) is 5.82 Å². The maximum absolute atomic E-state index is 6.21. The fourth-order valence-electron chi connectivity index (χ4n) is 1.78. The van der Waals surface area contributed by atoms with Crippen LogP contribution in [0.2, 0.25) is 10.0 Å². The Morgan fingerprint density at radius 2 is 1.86 bits per heavy atom. The van der Waals surface area contributed by atoms with E-state index in [0.717, 1.165) is 11.1 Å². The van der Waals surface area contributed by atoms with Gasteiger partial charge < -0.3 is 4.74 Å². The number of ether oxygens (including phenoxy) is 1. The average Bonchev–Trinajstić information content (AvgIpc) is 3.02. The first kappa shape index (κ1) is 13.9. The highest BCUT2D eigenvalue weighted by Gasteiger charge is 2.08. The Morgan fingerprint density at radius 1 is 1.05 bits per heavy atom. The van der Waals surface area contributed by atoms with E-state index in [1.807, 2.05) is 30.3 Å². The van der Waals surface area contributed by atoms with Gasteiger partial charge in [0, 0.05) is 10.6 Å². The normalized spacial score (nSPS) is 10.6. The monoisotopic (exact) mass is 320 g/mol. The van der Waals surface area contributed by atoms with Gasteiger partial charge in [-0.05, 0) is 41.1 Å². The second kappa shape index (κ2) is 6.11. The fourth-order valence-corrected chi connectivity index (χ4v) is 2.14. The topological polar surface area (TPSA) is 63.7 Å². The summed E-state index contributed by atoms with van der Waals surface area (Å²) in [6.45, 7) is 0.415. The Labute approximate surface area is 130 Å². The SMILES string of the molecule is Clc1ccc(COc2ccc(-c3nn[nH]n3)cc2Cl)cc1. The van der Waals surface area contributed by atoms with Gasteiger partial charge in [0.1, 0.15) is 12.4 Å². The summed E-state index contributed by atoms with van der Waals surface area (Å²) in [5.74, 6) is 1.08. The molecule has 0 aliphatic carbocycles. The average molecular weight is 321 g/mol. The van der Waals surface area contributed by atoms with Crippen molar-refractivity contribution >= 4 is 23.2 Å². The van der Waals surface area contributed by atoms with Crippen molar-refractivity contribution in [1.29, 1.82) is 0 Å². The molecule has 2 aromatic carbocycles. The molecule has 5 nitrogen and oxygen atoms in total. The lowest BCUT2D eigenvalue weighted by molar-refractivity contribution is 0.306. The second-order valence-corrected chi connectivity index (χ2v) is 5.14. The zero-order valence-electron chi connectivity index (χ0n) is 10.8. The summed E-state index contributed by atoms with van der Waals surface area (Å²) in [7, 11) is 0. The summed E-state index contributed by atoms with van der Waals surface area (Å²) in [5, 5.41) is 14.9. The first-order chi connectivity index (χ1) is 10.2. The van der Waals surface area contributed by atoms with Crippen LogP contribution in [-0.4, -0.2) is 20.6 Å². The predicted octanol–water partition coefficient (Wildman–Crippen LogP) is 3.75. The van der Waals surface area contributed by atoms with Gasteiger partial charge in [-0.25, -0.2) is 0 Å². The minimum Gasteiger partial charge on any atom is -0.487 e. The first-order valence-corrected chi connectivity index (χ1v) is 6.88. The largest absolute Gasteiger partial charge is 0.487 e. The number of benzene rings is 2. The van der Waals surface area contributed by atoms with E-state index in [0.29, 0.717) is 28.2 Å². The zero-order chi connectivity index (χ0) is 14.7. The van der Waals surface area contributed by atoms with Crippen LogP contribution in [0.25, 0.3) is 11.4 Å². The number of halogens is 2. The van der Waals surface area contributed by atoms with Crippen LogP contribution in [0.15, 0.2) is 42.5 Å². The van der Waals surface area contributed by atoms with Crippen molar-refractivity contribution in [2.45, 2.75) is 6.61 Å². The molecule has 0 amide bonds. The van der Waals surface area contributed by atoms with Crippen molar-refractivity contribution < 1.29 is 4.74 Å². The number of H-pyrrole nitrogens is 1. The first-order valence-electron chi connectivity index (χ1n) is 6.13. The van der Waals surface area contributed by atoms with E-state index in [4.69, 9.17) is 27.9 Å². The van der Waals surface area contributed by atoms with Crippen LogP contribution in [0, 0.1) is 0 Å². The number of rotatable bonds is 4. The molecule has 0 radical (unpaired) electrons. The summed E-state index contributed by atoms with van der Waals surface area (Å²) in [4.78, 5) is 0. The van der Waals surface area contributed by atoms with Gasteiger partial charge in [-0.3, -0.25) is 0 Å². The third kappa shape index (κ3) is 3.32. The molecule has 0 saturated heterocycles. The third-order valence-corrected chi connectivity index (χ3v) is 3.39. The molecule has 0 bridgehead atoms. The summed E-state index contributed by atoms with van der Waals surface area (Å²) in [5.41, 5.74) is 1.78. The van der Waals surface area contributed by atoms with Gasteiger partial charge in [-0.2, -0.15) is 5.21 Å². The Bertz CT molecular complexity index is 729. The Kier molecular flexibility index (Phi) is 4.03. The lowest BCUT2D eigenvalue weighted by Crippen LogP contribution is -1.96. The molecule has 7 heteroatoms. The molecule has 0 unspecified atom stereocenters. The van der Waals surface area contributed by atoms with E-state index in [1.54, 1.807) is 12.1 Å². The van der Waals surface area contributed by atoms with Gasteiger partial charge in [-0.1, -0.05) is 35.3 Å². The molecule has 0 aliphatic heterocycles. The van der Waals surface area contributed by atoms with Crippen LogP contribution in [0.4, 0.5) is 0 Å². The van der Waals surface area contributed by atoms with Gasteiger partial charge in [0.15, 0.2) is 0 Å². The zero-order valence-corrected chi connectivity index (χ0v) is 12.3. The van der Waals surface area contributed by atoms with Crippen LogP contribution in [0.3, 0.4) is 0 Å². The maximum Gasteiger partial charge on any atom is 0.204 e. The number of aromatic nitrogens is 4. The molecule has 1 N–H and O–H groups in total. The van der Waals surface area contributed by atoms with Crippen LogP contribution in [0.5, 0.6) is 5.75 Å². The lowest BCUT2D eigenvalue weighted by atomic mass is 10.2. The van der Waals surface area contributed by atoms with Crippen molar-refractivity contribution in [2.24, 2.45) is 0 Å². The van der Waals surface area contributed by atoms with Gasteiger partial charge in [0.05, 0.1) is 5.02 Å². The fraction of sp³-hybridized carbons (Fsp3) is 0.0714. The van der Waals surface area contributed by atoms with E-state index in [2.05, 4.69) is 20.6 Å². The Hall–Kier alpha value is -2.11. The van der Waals surface area contributed by atoms with Crippen LogP contribution >= 0.6 is 23.2 Å². The van der Waals surface area contributed by atoms with Gasteiger partial charge in [0.25, 0.3) is 0 Å². The molecular formula is C14H10Cl2N4O. The van der Waals surface area contributed by atoms with Gasteiger partial charge in [-0.15, -0.1) is 10.2 Å². The van der Waals surface area contributed by atoms with Crippen molar-refractivity contribution in [3.8, 4) is 17.1 Å². The molecule has 1 heterocycles. The molecule has 21 heavy (non-hydrogen) atoms. The highest BCUT2D eigenvalue weighted by atomic mass is 35.5. The van der Waals surface area contributed by atoms with Crippen LogP contribution in [0.1, 0.15) is 5.56 Å². The number of aromatic amines is 1. The summed E-state index contributed by atoms with van der Waals surface area (Å²) >= 11 is 12.0. The summed E-state index contributed by atoms with van der Waals surface area (Å²) < 4.78 is 5.70. The van der Waals surface area contributed by atoms with Crippen molar-refractivity contribution in [1.82, 2.24) is 20.6 Å². The highest BCUT2D eigenvalue weighted by Crippen LogP contribution is 2.29. The van der Waals surface area contributed by atoms with E-state index in [9.17, 15) is 0 Å². The third-order valence-electron chi connectivity index (χ3n) is 2.84. The standard InChI is InChI=1S/C14H10Cl2N4O/c15-11-4-1-9(2-5-11)8-21-13-6-3-10(7-12(13)16)14-17-19-20-18-14/h1-7H,8H2,(H,17,18,19,20).